The van der Waals surface area contributed by atoms with E-state index in [1.807, 2.05) is 0 Å². The van der Waals surface area contributed by atoms with Crippen LogP contribution < -0.4 is 11.1 Å². The summed E-state index contributed by atoms with van der Waals surface area (Å²) in [6, 6.07) is 0.158. The van der Waals surface area contributed by atoms with Gasteiger partial charge in [0.05, 0.1) is 5.41 Å². The zero-order chi connectivity index (χ0) is 12.3. The molecule has 17 heavy (non-hydrogen) atoms. The normalized spacial score (nSPS) is 18.9. The Labute approximate surface area is 100.0 Å². The summed E-state index contributed by atoms with van der Waals surface area (Å²) < 4.78 is 5.14. The summed E-state index contributed by atoms with van der Waals surface area (Å²) in [5, 5.41) is 10.1. The molecular weight excluding hydrogens is 220 g/mol. The van der Waals surface area contributed by atoms with E-state index >= 15 is 0 Å². The molecule has 1 fully saturated rings. The number of hydrogen-bond acceptors (Lipinski definition) is 5. The van der Waals surface area contributed by atoms with Crippen molar-refractivity contribution in [3.63, 3.8) is 0 Å². The Hall–Kier alpha value is -1.43. The van der Waals surface area contributed by atoms with Crippen molar-refractivity contribution in [3.05, 3.63) is 5.89 Å². The smallest absolute Gasteiger partial charge is 0.322 e. The fraction of sp³-hybridized carbons (Fsp3) is 0.727. The number of hydrogen-bond donors (Lipinski definition) is 2. The van der Waals surface area contributed by atoms with Crippen LogP contribution in [0.15, 0.2) is 4.42 Å². The van der Waals surface area contributed by atoms with Crippen molar-refractivity contribution in [3.8, 4) is 0 Å². The fourth-order valence-electron chi connectivity index (χ4n) is 2.33. The fourth-order valence-corrected chi connectivity index (χ4v) is 2.33. The second-order valence-corrected chi connectivity index (χ2v) is 4.63. The van der Waals surface area contributed by atoms with Crippen LogP contribution in [0.2, 0.25) is 0 Å². The highest BCUT2D eigenvalue weighted by Gasteiger charge is 2.38. The first-order chi connectivity index (χ1) is 8.16. The van der Waals surface area contributed by atoms with Crippen molar-refractivity contribution in [2.75, 3.05) is 11.9 Å². The van der Waals surface area contributed by atoms with Gasteiger partial charge in [0.25, 0.3) is 0 Å². The largest absolute Gasteiger partial charge is 0.408 e. The van der Waals surface area contributed by atoms with Crippen LogP contribution in [0.25, 0.3) is 0 Å². The zero-order valence-electron chi connectivity index (χ0n) is 10.0. The number of aromatic nitrogens is 2. The molecule has 2 rings (SSSR count). The Bertz CT molecular complexity index is 396. The van der Waals surface area contributed by atoms with E-state index in [9.17, 15) is 4.79 Å². The Balaban J connectivity index is 2.07. The topological polar surface area (TPSA) is 94.0 Å². The summed E-state index contributed by atoms with van der Waals surface area (Å²) in [4.78, 5) is 12.2. The molecule has 1 amide bonds. The first kappa shape index (κ1) is 12.0. The van der Waals surface area contributed by atoms with Gasteiger partial charge in [-0.2, -0.15) is 0 Å². The maximum Gasteiger partial charge on any atom is 0.322 e. The van der Waals surface area contributed by atoms with Crippen LogP contribution in [-0.2, 0) is 4.79 Å². The number of aryl methyl sites for hydroxylation is 1. The number of nitrogens with one attached hydrogen (secondary N) is 1. The van der Waals surface area contributed by atoms with E-state index in [1.54, 1.807) is 6.92 Å². The third-order valence-corrected chi connectivity index (χ3v) is 3.43. The maximum absolute atomic E-state index is 12.2. The van der Waals surface area contributed by atoms with Crippen molar-refractivity contribution >= 4 is 11.9 Å². The van der Waals surface area contributed by atoms with Crippen LogP contribution >= 0.6 is 0 Å². The van der Waals surface area contributed by atoms with Crippen molar-refractivity contribution in [2.45, 2.75) is 39.0 Å². The van der Waals surface area contributed by atoms with Gasteiger partial charge in [-0.3, -0.25) is 10.1 Å². The number of amides is 1. The summed E-state index contributed by atoms with van der Waals surface area (Å²) in [6.45, 7) is 2.05. The minimum atomic E-state index is -0.458. The number of carbonyl (C=O) groups is 1. The van der Waals surface area contributed by atoms with Gasteiger partial charge in [-0.25, -0.2) is 0 Å². The number of rotatable bonds is 3. The maximum atomic E-state index is 12.2. The Kier molecular flexibility index (Phi) is 3.42. The average molecular weight is 238 g/mol. The number of anilines is 1. The molecule has 0 unspecified atom stereocenters. The van der Waals surface area contributed by atoms with Gasteiger partial charge in [0.2, 0.25) is 11.8 Å². The van der Waals surface area contributed by atoms with Gasteiger partial charge in [-0.05, 0) is 12.8 Å². The molecule has 6 nitrogen and oxygen atoms in total. The summed E-state index contributed by atoms with van der Waals surface area (Å²) in [5.74, 6) is 0.342. The standard InChI is InChI=1S/C11H18N4O2/c1-8-14-15-10(17-8)13-9(16)11(7-12)5-3-2-4-6-11/h2-7,12H2,1H3,(H,13,15,16). The minimum absolute atomic E-state index is 0.0941. The molecule has 1 aromatic heterocycles. The molecule has 0 atom stereocenters. The van der Waals surface area contributed by atoms with Crippen LogP contribution in [-0.4, -0.2) is 22.6 Å². The second kappa shape index (κ2) is 4.83. The van der Waals surface area contributed by atoms with Crippen LogP contribution in [0, 0.1) is 12.3 Å². The Morgan fingerprint density at radius 2 is 2.12 bits per heavy atom. The molecule has 1 saturated carbocycles. The van der Waals surface area contributed by atoms with Crippen LogP contribution in [0.5, 0.6) is 0 Å². The van der Waals surface area contributed by atoms with Crippen LogP contribution in [0.1, 0.15) is 38.0 Å². The van der Waals surface area contributed by atoms with E-state index < -0.39 is 5.41 Å². The molecule has 0 aromatic carbocycles. The molecule has 0 aliphatic heterocycles. The predicted molar refractivity (Wildman–Crippen MR) is 62.2 cm³/mol. The lowest BCUT2D eigenvalue weighted by atomic mass is 9.73. The summed E-state index contributed by atoms with van der Waals surface area (Å²) in [7, 11) is 0. The molecule has 3 N–H and O–H groups in total. The molecule has 0 bridgehead atoms. The lowest BCUT2D eigenvalue weighted by Crippen LogP contribution is -2.43. The lowest BCUT2D eigenvalue weighted by molar-refractivity contribution is -0.127. The molecule has 1 aromatic rings. The summed E-state index contributed by atoms with van der Waals surface area (Å²) in [5.41, 5.74) is 5.31. The zero-order valence-corrected chi connectivity index (χ0v) is 10.0. The van der Waals surface area contributed by atoms with Crippen LogP contribution in [0.3, 0.4) is 0 Å². The quantitative estimate of drug-likeness (QED) is 0.825. The van der Waals surface area contributed by atoms with Crippen molar-refractivity contribution in [1.82, 2.24) is 10.2 Å². The summed E-state index contributed by atoms with van der Waals surface area (Å²) in [6.07, 6.45) is 4.95. The SMILES string of the molecule is Cc1nnc(NC(=O)C2(CN)CCCCC2)o1. The van der Waals surface area contributed by atoms with Gasteiger partial charge >= 0.3 is 6.01 Å². The minimum Gasteiger partial charge on any atom is -0.408 e. The highest BCUT2D eigenvalue weighted by atomic mass is 16.4. The predicted octanol–water partition coefficient (Wildman–Crippen LogP) is 1.23. The van der Waals surface area contributed by atoms with E-state index in [0.29, 0.717) is 12.4 Å². The van der Waals surface area contributed by atoms with Gasteiger partial charge in [0.15, 0.2) is 0 Å². The molecule has 1 aliphatic rings. The average Bonchev–Trinajstić information content (AvgIpc) is 2.75. The Morgan fingerprint density at radius 3 is 2.65 bits per heavy atom. The molecule has 0 radical (unpaired) electrons. The first-order valence-corrected chi connectivity index (χ1v) is 5.98. The van der Waals surface area contributed by atoms with E-state index in [1.165, 1.54) is 6.42 Å². The Morgan fingerprint density at radius 1 is 1.41 bits per heavy atom. The van der Waals surface area contributed by atoms with Crippen LogP contribution in [0.4, 0.5) is 6.01 Å². The van der Waals surface area contributed by atoms with E-state index in [4.69, 9.17) is 10.2 Å². The third-order valence-electron chi connectivity index (χ3n) is 3.43. The molecule has 1 aliphatic carbocycles. The first-order valence-electron chi connectivity index (χ1n) is 5.98. The third kappa shape index (κ3) is 2.46. The number of carbonyl (C=O) groups excluding carboxylic acids is 1. The van der Waals surface area contributed by atoms with Crippen molar-refractivity contribution < 1.29 is 9.21 Å². The highest BCUT2D eigenvalue weighted by Crippen LogP contribution is 2.36. The van der Waals surface area contributed by atoms with Crippen molar-refractivity contribution in [1.29, 1.82) is 0 Å². The number of nitrogens with zero attached hydrogens (tertiary/aromatic N) is 2. The van der Waals surface area contributed by atoms with E-state index in [0.717, 1.165) is 25.7 Å². The molecular formula is C11H18N4O2. The van der Waals surface area contributed by atoms with E-state index in [2.05, 4.69) is 15.5 Å². The summed E-state index contributed by atoms with van der Waals surface area (Å²) >= 11 is 0. The molecule has 94 valence electrons. The van der Waals surface area contributed by atoms with Gasteiger partial charge in [-0.1, -0.05) is 24.4 Å². The monoisotopic (exact) mass is 238 g/mol. The molecule has 0 saturated heterocycles. The van der Waals surface area contributed by atoms with E-state index in [-0.39, 0.29) is 11.9 Å². The van der Waals surface area contributed by atoms with Gasteiger partial charge in [0.1, 0.15) is 0 Å². The molecule has 0 spiro atoms. The highest BCUT2D eigenvalue weighted by molar-refractivity contribution is 5.93. The van der Waals surface area contributed by atoms with Gasteiger partial charge in [0, 0.05) is 13.5 Å². The second-order valence-electron chi connectivity index (χ2n) is 4.63. The van der Waals surface area contributed by atoms with Gasteiger partial charge < -0.3 is 10.2 Å². The number of nitrogens with two attached hydrogens (primary N) is 1. The van der Waals surface area contributed by atoms with Gasteiger partial charge in [-0.15, -0.1) is 5.10 Å². The molecule has 1 heterocycles. The molecule has 6 heteroatoms. The lowest BCUT2D eigenvalue weighted by Gasteiger charge is -2.33. The van der Waals surface area contributed by atoms with Crippen molar-refractivity contribution in [2.24, 2.45) is 11.1 Å².